The molecule has 7 nitrogen and oxygen atoms in total. The third-order valence-electron chi connectivity index (χ3n) is 4.84. The van der Waals surface area contributed by atoms with E-state index in [0.717, 1.165) is 5.69 Å². The lowest BCUT2D eigenvalue weighted by molar-refractivity contribution is -0.0136. The van der Waals surface area contributed by atoms with Crippen molar-refractivity contribution >= 4 is 23.1 Å². The highest BCUT2D eigenvalue weighted by Crippen LogP contribution is 2.34. The van der Waals surface area contributed by atoms with Crippen LogP contribution in [0.5, 0.6) is 0 Å². The quantitative estimate of drug-likeness (QED) is 0.866. The maximum Gasteiger partial charge on any atom is 0.241 e. The largest absolute Gasteiger partial charge is 0.389 e. The molecule has 1 unspecified atom stereocenters. The van der Waals surface area contributed by atoms with E-state index in [1.165, 1.54) is 0 Å². The smallest absolute Gasteiger partial charge is 0.241 e. The van der Waals surface area contributed by atoms with E-state index in [-0.39, 0.29) is 12.0 Å². The third kappa shape index (κ3) is 3.30. The summed E-state index contributed by atoms with van der Waals surface area (Å²) in [5.41, 5.74) is 1.84. The van der Waals surface area contributed by atoms with Crippen LogP contribution in [-0.2, 0) is 4.74 Å². The fourth-order valence-corrected chi connectivity index (χ4v) is 3.26. The van der Waals surface area contributed by atoms with Gasteiger partial charge in [0.1, 0.15) is 11.6 Å². The minimum Gasteiger partial charge on any atom is -0.389 e. The molecule has 0 spiro atoms. The second-order valence-electron chi connectivity index (χ2n) is 6.78. The molecule has 8 heteroatoms. The van der Waals surface area contributed by atoms with Crippen LogP contribution in [0, 0.1) is 17.2 Å². The first-order chi connectivity index (χ1) is 11.9. The second kappa shape index (κ2) is 7.16. The van der Waals surface area contributed by atoms with Gasteiger partial charge in [0, 0.05) is 12.5 Å². The fourth-order valence-electron chi connectivity index (χ4n) is 3.00. The van der Waals surface area contributed by atoms with Crippen molar-refractivity contribution in [1.82, 2.24) is 14.6 Å². The molecule has 3 atom stereocenters. The standard InChI is InChI=1S/C17H22ClN5O2/c1-9(2)10(3)16-11(6-19)15(18)13-7-20-17(22-23(13)16)21-12-4-5-25-8-14(12)24/h7,9-10,12,14,24H,4-5,8H2,1-3H3,(H,21,22)/t10?,12-,14-/m1/s1. The molecule has 0 aliphatic carbocycles. The number of rotatable bonds is 4. The molecule has 0 bridgehead atoms. The molecule has 1 aliphatic rings. The van der Waals surface area contributed by atoms with E-state index < -0.39 is 6.10 Å². The summed E-state index contributed by atoms with van der Waals surface area (Å²) in [6, 6.07) is 2.03. The molecule has 134 valence electrons. The van der Waals surface area contributed by atoms with Crippen LogP contribution >= 0.6 is 11.6 Å². The first-order valence-corrected chi connectivity index (χ1v) is 8.81. The van der Waals surface area contributed by atoms with Gasteiger partial charge in [-0.1, -0.05) is 32.4 Å². The Morgan fingerprint density at radius 2 is 2.24 bits per heavy atom. The number of aliphatic hydroxyl groups excluding tert-OH is 1. The Labute approximate surface area is 151 Å². The number of aliphatic hydroxyl groups is 1. The van der Waals surface area contributed by atoms with Crippen molar-refractivity contribution < 1.29 is 9.84 Å². The van der Waals surface area contributed by atoms with E-state index in [0.29, 0.717) is 47.6 Å². The molecule has 0 aromatic carbocycles. The maximum atomic E-state index is 10.0. The summed E-state index contributed by atoms with van der Waals surface area (Å²) >= 11 is 6.38. The molecular weight excluding hydrogens is 342 g/mol. The van der Waals surface area contributed by atoms with Crippen molar-refractivity contribution in [2.75, 3.05) is 18.5 Å². The summed E-state index contributed by atoms with van der Waals surface area (Å²) < 4.78 is 6.94. The van der Waals surface area contributed by atoms with E-state index in [2.05, 4.69) is 42.2 Å². The van der Waals surface area contributed by atoms with E-state index >= 15 is 0 Å². The van der Waals surface area contributed by atoms with Crippen LogP contribution in [-0.4, -0.2) is 45.1 Å². The molecule has 25 heavy (non-hydrogen) atoms. The number of hydrogen-bond donors (Lipinski definition) is 2. The van der Waals surface area contributed by atoms with Gasteiger partial charge in [-0.3, -0.25) is 0 Å². The van der Waals surface area contributed by atoms with E-state index in [4.69, 9.17) is 16.3 Å². The summed E-state index contributed by atoms with van der Waals surface area (Å²) in [6.07, 6.45) is 1.68. The van der Waals surface area contributed by atoms with Gasteiger partial charge < -0.3 is 15.2 Å². The molecule has 2 N–H and O–H groups in total. The molecule has 2 aromatic heterocycles. The lowest BCUT2D eigenvalue weighted by Gasteiger charge is -2.28. The van der Waals surface area contributed by atoms with Crippen molar-refractivity contribution in [3.8, 4) is 6.07 Å². The lowest BCUT2D eigenvalue weighted by atomic mass is 9.93. The molecule has 0 saturated carbocycles. The molecule has 0 radical (unpaired) electrons. The Morgan fingerprint density at radius 3 is 2.88 bits per heavy atom. The number of anilines is 1. The summed E-state index contributed by atoms with van der Waals surface area (Å²) in [6.45, 7) is 7.13. The van der Waals surface area contributed by atoms with Crippen molar-refractivity contribution in [3.05, 3.63) is 22.5 Å². The van der Waals surface area contributed by atoms with Crippen LogP contribution in [0.25, 0.3) is 5.52 Å². The van der Waals surface area contributed by atoms with Crippen molar-refractivity contribution in [3.63, 3.8) is 0 Å². The van der Waals surface area contributed by atoms with Crippen LogP contribution in [0.1, 0.15) is 44.4 Å². The van der Waals surface area contributed by atoms with Crippen LogP contribution in [0.15, 0.2) is 6.20 Å². The fraction of sp³-hybridized carbons (Fsp3) is 0.588. The van der Waals surface area contributed by atoms with Crippen molar-refractivity contribution in [2.24, 2.45) is 5.92 Å². The average molecular weight is 364 g/mol. The monoisotopic (exact) mass is 363 g/mol. The first-order valence-electron chi connectivity index (χ1n) is 8.43. The number of halogens is 1. The first kappa shape index (κ1) is 17.9. The lowest BCUT2D eigenvalue weighted by Crippen LogP contribution is -2.42. The van der Waals surface area contributed by atoms with E-state index in [1.807, 2.05) is 0 Å². The Morgan fingerprint density at radius 1 is 1.48 bits per heavy atom. The number of ether oxygens (including phenoxy) is 1. The molecule has 2 aromatic rings. The molecule has 1 fully saturated rings. The molecule has 1 saturated heterocycles. The highest BCUT2D eigenvalue weighted by Gasteiger charge is 2.27. The van der Waals surface area contributed by atoms with Crippen LogP contribution in [0.4, 0.5) is 5.95 Å². The Bertz CT molecular complexity index is 813. The SMILES string of the molecule is CC(C)C(C)c1c(C#N)c(Cl)c2cnc(N[C@@H]3CCOC[C@H]3O)nn12. The molecule has 1 aliphatic heterocycles. The average Bonchev–Trinajstić information content (AvgIpc) is 2.87. The summed E-state index contributed by atoms with van der Waals surface area (Å²) in [4.78, 5) is 4.30. The van der Waals surface area contributed by atoms with Gasteiger partial charge in [-0.05, 0) is 12.3 Å². The molecule has 3 heterocycles. The van der Waals surface area contributed by atoms with Crippen LogP contribution < -0.4 is 5.32 Å². The summed E-state index contributed by atoms with van der Waals surface area (Å²) in [5, 5.41) is 27.7. The van der Waals surface area contributed by atoms with Gasteiger partial charge in [0.05, 0.1) is 41.2 Å². The zero-order valence-electron chi connectivity index (χ0n) is 14.5. The number of nitrogens with one attached hydrogen (secondary N) is 1. The van der Waals surface area contributed by atoms with Gasteiger partial charge in [0.2, 0.25) is 5.95 Å². The predicted octanol–water partition coefficient (Wildman–Crippen LogP) is 2.58. The second-order valence-corrected chi connectivity index (χ2v) is 7.16. The van der Waals surface area contributed by atoms with Crippen molar-refractivity contribution in [2.45, 2.75) is 45.3 Å². The minimum absolute atomic E-state index is 0.103. The Kier molecular flexibility index (Phi) is 5.13. The summed E-state index contributed by atoms with van der Waals surface area (Å²) in [5.74, 6) is 0.822. The van der Waals surface area contributed by atoms with Gasteiger partial charge in [-0.15, -0.1) is 5.10 Å². The van der Waals surface area contributed by atoms with Crippen molar-refractivity contribution in [1.29, 1.82) is 5.26 Å². The number of fused-ring (bicyclic) bond motifs is 1. The normalized spacial score (nSPS) is 22.1. The highest BCUT2D eigenvalue weighted by atomic mass is 35.5. The Balaban J connectivity index is 2.04. The topological polar surface area (TPSA) is 95.5 Å². The van der Waals surface area contributed by atoms with Crippen LogP contribution in [0.2, 0.25) is 5.02 Å². The molecule has 0 amide bonds. The molecule has 3 rings (SSSR count). The third-order valence-corrected chi connectivity index (χ3v) is 5.23. The van der Waals surface area contributed by atoms with Gasteiger partial charge in [-0.25, -0.2) is 9.50 Å². The van der Waals surface area contributed by atoms with Crippen LogP contribution in [0.3, 0.4) is 0 Å². The zero-order valence-corrected chi connectivity index (χ0v) is 15.3. The van der Waals surface area contributed by atoms with E-state index in [9.17, 15) is 10.4 Å². The van der Waals surface area contributed by atoms with Gasteiger partial charge in [0.25, 0.3) is 0 Å². The van der Waals surface area contributed by atoms with Gasteiger partial charge in [-0.2, -0.15) is 5.26 Å². The number of nitrogens with zero attached hydrogens (tertiary/aromatic N) is 4. The number of aromatic nitrogens is 3. The van der Waals surface area contributed by atoms with Gasteiger partial charge in [0.15, 0.2) is 0 Å². The number of nitriles is 1. The predicted molar refractivity (Wildman–Crippen MR) is 94.8 cm³/mol. The highest BCUT2D eigenvalue weighted by molar-refractivity contribution is 6.35. The van der Waals surface area contributed by atoms with Gasteiger partial charge >= 0.3 is 0 Å². The zero-order chi connectivity index (χ0) is 18.1. The van der Waals surface area contributed by atoms with E-state index in [1.54, 1.807) is 10.7 Å². The summed E-state index contributed by atoms with van der Waals surface area (Å²) in [7, 11) is 0. The number of hydrogen-bond acceptors (Lipinski definition) is 6. The Hall–Kier alpha value is -1.88. The maximum absolute atomic E-state index is 10.0. The minimum atomic E-state index is -0.606. The molecular formula is C17H22ClN5O2.